The summed E-state index contributed by atoms with van der Waals surface area (Å²) in [6.45, 7) is 4.38. The Bertz CT molecular complexity index is 1010. The number of benzene rings is 2. The van der Waals surface area contributed by atoms with E-state index >= 15 is 0 Å². The number of rotatable bonds is 8. The van der Waals surface area contributed by atoms with Gasteiger partial charge in [0.1, 0.15) is 5.82 Å². The fourth-order valence-corrected chi connectivity index (χ4v) is 3.63. The van der Waals surface area contributed by atoms with Crippen LogP contribution < -0.4 is 10.6 Å². The summed E-state index contributed by atoms with van der Waals surface area (Å²) in [7, 11) is 0. The quantitative estimate of drug-likeness (QED) is 0.536. The molecule has 2 amide bonds. The number of aromatic nitrogens is 3. The van der Waals surface area contributed by atoms with E-state index in [-0.39, 0.29) is 29.4 Å². The minimum Gasteiger partial charge on any atom is -0.342 e. The van der Waals surface area contributed by atoms with Gasteiger partial charge in [-0.25, -0.2) is 4.39 Å². The largest absolute Gasteiger partial charge is 0.342 e. The van der Waals surface area contributed by atoms with E-state index < -0.39 is 0 Å². The molecular weight excluding hydrogens is 405 g/mol. The molecule has 0 saturated heterocycles. The smallest absolute Gasteiger partial charge is 0.251 e. The summed E-state index contributed by atoms with van der Waals surface area (Å²) < 4.78 is 14.8. The van der Waals surface area contributed by atoms with Gasteiger partial charge in [0.05, 0.1) is 11.8 Å². The molecule has 0 spiro atoms. The second kappa shape index (κ2) is 10.0. The molecule has 3 rings (SSSR count). The minimum atomic E-state index is -0.362. The summed E-state index contributed by atoms with van der Waals surface area (Å²) in [5.41, 5.74) is 1.09. The van der Waals surface area contributed by atoms with Crippen LogP contribution in [-0.2, 0) is 11.3 Å². The Balaban J connectivity index is 1.61. The number of carbonyl (C=O) groups is 2. The zero-order valence-corrected chi connectivity index (χ0v) is 17.4. The van der Waals surface area contributed by atoms with Gasteiger partial charge in [0.2, 0.25) is 5.91 Å². The number of thioether (sulfide) groups is 1. The molecule has 156 valence electrons. The van der Waals surface area contributed by atoms with Gasteiger partial charge in [-0.1, -0.05) is 30.0 Å². The molecular formula is C21H22FN5O2S. The van der Waals surface area contributed by atoms with Crippen molar-refractivity contribution in [2.45, 2.75) is 31.6 Å². The maximum atomic E-state index is 13.0. The molecule has 0 aliphatic rings. The normalized spacial score (nSPS) is 11.7. The van der Waals surface area contributed by atoms with Crippen LogP contribution in [0.3, 0.4) is 0 Å². The van der Waals surface area contributed by atoms with Crippen LogP contribution in [0.25, 0.3) is 0 Å². The van der Waals surface area contributed by atoms with Gasteiger partial charge in [-0.15, -0.1) is 10.2 Å². The zero-order valence-electron chi connectivity index (χ0n) is 16.6. The van der Waals surface area contributed by atoms with Crippen molar-refractivity contribution in [1.29, 1.82) is 0 Å². The molecule has 7 nitrogen and oxygen atoms in total. The SMILES string of the molecule is CCn1c(SCC(=O)Nc2ccc(F)cc2)nnc1[C@H](C)NC(=O)c1ccccc1. The fourth-order valence-electron chi connectivity index (χ4n) is 2.82. The third-order valence-electron chi connectivity index (χ3n) is 4.29. The number of carbonyl (C=O) groups excluding carboxylic acids is 2. The van der Waals surface area contributed by atoms with E-state index in [0.717, 1.165) is 0 Å². The summed E-state index contributed by atoms with van der Waals surface area (Å²) >= 11 is 1.25. The van der Waals surface area contributed by atoms with E-state index in [9.17, 15) is 14.0 Å². The predicted molar refractivity (Wildman–Crippen MR) is 114 cm³/mol. The summed E-state index contributed by atoms with van der Waals surface area (Å²) in [5, 5.41) is 14.6. The van der Waals surface area contributed by atoms with Crippen molar-refractivity contribution in [2.24, 2.45) is 0 Å². The van der Waals surface area contributed by atoms with Crippen molar-refractivity contribution in [1.82, 2.24) is 20.1 Å². The van der Waals surface area contributed by atoms with Crippen molar-refractivity contribution in [3.05, 3.63) is 71.8 Å². The summed E-state index contributed by atoms with van der Waals surface area (Å²) in [6, 6.07) is 14.2. The first-order valence-electron chi connectivity index (χ1n) is 9.45. The molecule has 0 aliphatic heterocycles. The predicted octanol–water partition coefficient (Wildman–Crippen LogP) is 3.66. The summed E-state index contributed by atoms with van der Waals surface area (Å²) in [5.74, 6) is -0.0474. The molecule has 0 aliphatic carbocycles. The van der Waals surface area contributed by atoms with Gasteiger partial charge in [0.15, 0.2) is 11.0 Å². The molecule has 0 fully saturated rings. The number of nitrogens with one attached hydrogen (secondary N) is 2. The van der Waals surface area contributed by atoms with Gasteiger partial charge in [-0.05, 0) is 50.2 Å². The van der Waals surface area contributed by atoms with Gasteiger partial charge >= 0.3 is 0 Å². The average molecular weight is 428 g/mol. The molecule has 2 aromatic carbocycles. The lowest BCUT2D eigenvalue weighted by molar-refractivity contribution is -0.113. The van der Waals surface area contributed by atoms with E-state index in [4.69, 9.17) is 0 Å². The number of nitrogens with zero attached hydrogens (tertiary/aromatic N) is 3. The van der Waals surface area contributed by atoms with Crippen LogP contribution in [0.5, 0.6) is 0 Å². The molecule has 3 aromatic rings. The lowest BCUT2D eigenvalue weighted by Crippen LogP contribution is -2.28. The standard InChI is InChI=1S/C21H22FN5O2S/c1-3-27-19(14(2)23-20(29)15-7-5-4-6-8-15)25-26-21(27)30-13-18(28)24-17-11-9-16(22)10-12-17/h4-12,14H,3,13H2,1-2H3,(H,23,29)(H,24,28)/t14-/m0/s1. The van der Waals surface area contributed by atoms with Crippen molar-refractivity contribution >= 4 is 29.3 Å². The Labute approximate surface area is 178 Å². The van der Waals surface area contributed by atoms with Crippen molar-refractivity contribution in [3.8, 4) is 0 Å². The summed E-state index contributed by atoms with van der Waals surface area (Å²) in [6.07, 6.45) is 0. The van der Waals surface area contributed by atoms with Gasteiger partial charge in [0, 0.05) is 17.8 Å². The van der Waals surface area contributed by atoms with Crippen molar-refractivity contribution < 1.29 is 14.0 Å². The zero-order chi connectivity index (χ0) is 21.5. The molecule has 0 unspecified atom stereocenters. The highest BCUT2D eigenvalue weighted by Crippen LogP contribution is 2.21. The Morgan fingerprint density at radius 2 is 1.80 bits per heavy atom. The first-order chi connectivity index (χ1) is 14.5. The Hall–Kier alpha value is -3.20. The second-order valence-electron chi connectivity index (χ2n) is 6.49. The molecule has 30 heavy (non-hydrogen) atoms. The maximum Gasteiger partial charge on any atom is 0.251 e. The van der Waals surface area contributed by atoms with Crippen molar-refractivity contribution in [2.75, 3.05) is 11.1 Å². The van der Waals surface area contributed by atoms with Crippen LogP contribution in [0, 0.1) is 5.82 Å². The van der Waals surface area contributed by atoms with Crippen LogP contribution in [0.15, 0.2) is 59.8 Å². The molecule has 2 N–H and O–H groups in total. The second-order valence-corrected chi connectivity index (χ2v) is 7.43. The number of hydrogen-bond donors (Lipinski definition) is 2. The highest BCUT2D eigenvalue weighted by molar-refractivity contribution is 7.99. The molecule has 0 saturated carbocycles. The van der Waals surface area contributed by atoms with Crippen LogP contribution in [-0.4, -0.2) is 32.3 Å². The van der Waals surface area contributed by atoms with Crippen molar-refractivity contribution in [3.63, 3.8) is 0 Å². The summed E-state index contributed by atoms with van der Waals surface area (Å²) in [4.78, 5) is 24.6. The monoisotopic (exact) mass is 427 g/mol. The molecule has 0 bridgehead atoms. The minimum absolute atomic E-state index is 0.125. The van der Waals surface area contributed by atoms with Gasteiger partial charge in [0.25, 0.3) is 5.91 Å². The van der Waals surface area contributed by atoms with Crippen LogP contribution in [0.2, 0.25) is 0 Å². The van der Waals surface area contributed by atoms with E-state index in [2.05, 4.69) is 20.8 Å². The number of hydrogen-bond acceptors (Lipinski definition) is 5. The lowest BCUT2D eigenvalue weighted by atomic mass is 10.2. The van der Waals surface area contributed by atoms with E-state index in [0.29, 0.717) is 28.8 Å². The maximum absolute atomic E-state index is 13.0. The van der Waals surface area contributed by atoms with Gasteiger partial charge in [-0.3, -0.25) is 9.59 Å². The first kappa shape index (κ1) is 21.5. The Morgan fingerprint density at radius 3 is 2.47 bits per heavy atom. The highest BCUT2D eigenvalue weighted by atomic mass is 32.2. The number of halogens is 1. The van der Waals surface area contributed by atoms with Crippen LogP contribution in [0.1, 0.15) is 36.1 Å². The van der Waals surface area contributed by atoms with Gasteiger partial charge < -0.3 is 15.2 Å². The number of amides is 2. The van der Waals surface area contributed by atoms with Crippen LogP contribution >= 0.6 is 11.8 Å². The topological polar surface area (TPSA) is 88.9 Å². The Kier molecular flexibility index (Phi) is 7.18. The number of anilines is 1. The third-order valence-corrected chi connectivity index (χ3v) is 5.26. The van der Waals surface area contributed by atoms with E-state index in [1.807, 2.05) is 24.5 Å². The lowest BCUT2D eigenvalue weighted by Gasteiger charge is -2.15. The molecule has 0 radical (unpaired) electrons. The van der Waals surface area contributed by atoms with E-state index in [1.165, 1.54) is 36.0 Å². The van der Waals surface area contributed by atoms with Crippen LogP contribution in [0.4, 0.5) is 10.1 Å². The molecule has 1 aromatic heterocycles. The Morgan fingerprint density at radius 1 is 1.10 bits per heavy atom. The molecule has 9 heteroatoms. The third kappa shape index (κ3) is 5.44. The molecule has 1 heterocycles. The average Bonchev–Trinajstić information content (AvgIpc) is 3.17. The molecule has 1 atom stereocenters. The fraction of sp³-hybridized carbons (Fsp3) is 0.238. The highest BCUT2D eigenvalue weighted by Gasteiger charge is 2.20. The van der Waals surface area contributed by atoms with E-state index in [1.54, 1.807) is 24.3 Å². The first-order valence-corrected chi connectivity index (χ1v) is 10.4. The van der Waals surface area contributed by atoms with Gasteiger partial charge in [-0.2, -0.15) is 0 Å².